The molecule has 2 rings (SSSR count). The van der Waals surface area contributed by atoms with Crippen LogP contribution < -0.4 is 0 Å². The van der Waals surface area contributed by atoms with Crippen molar-refractivity contribution in [3.8, 4) is 6.07 Å². The Labute approximate surface area is 114 Å². The van der Waals surface area contributed by atoms with Crippen LogP contribution in [0, 0.1) is 17.2 Å². The zero-order valence-electron chi connectivity index (χ0n) is 11.0. The first-order chi connectivity index (χ1) is 9.09. The fourth-order valence-electron chi connectivity index (χ4n) is 2.48. The Hall–Kier alpha value is -1.38. The van der Waals surface area contributed by atoms with Crippen LogP contribution in [0.5, 0.6) is 0 Å². The van der Waals surface area contributed by atoms with Crippen LogP contribution in [0.3, 0.4) is 0 Å². The monoisotopic (exact) mass is 278 g/mol. The summed E-state index contributed by atoms with van der Waals surface area (Å²) >= 11 is 0. The molecule has 1 saturated heterocycles. The van der Waals surface area contributed by atoms with E-state index in [1.54, 1.807) is 18.2 Å². The Morgan fingerprint density at radius 1 is 1.32 bits per heavy atom. The largest absolute Gasteiger partial charge is 0.244 e. The van der Waals surface area contributed by atoms with E-state index in [-0.39, 0.29) is 10.5 Å². The highest BCUT2D eigenvalue weighted by Crippen LogP contribution is 2.26. The van der Waals surface area contributed by atoms with Crippen molar-refractivity contribution in [3.05, 3.63) is 29.8 Å². The summed E-state index contributed by atoms with van der Waals surface area (Å²) in [5, 5.41) is 9.03. The fourth-order valence-corrected chi connectivity index (χ4v) is 4.09. The lowest BCUT2D eigenvalue weighted by Gasteiger charge is -2.30. The summed E-state index contributed by atoms with van der Waals surface area (Å²) in [6.07, 6.45) is 2.91. The van der Waals surface area contributed by atoms with Gasteiger partial charge < -0.3 is 0 Å². The maximum atomic E-state index is 12.5. The molecular weight excluding hydrogens is 260 g/mol. The van der Waals surface area contributed by atoms with E-state index in [4.69, 9.17) is 5.26 Å². The van der Waals surface area contributed by atoms with Gasteiger partial charge in [-0.05, 0) is 30.9 Å². The van der Waals surface area contributed by atoms with Crippen LogP contribution in [0.1, 0.15) is 31.7 Å². The van der Waals surface area contributed by atoms with Gasteiger partial charge >= 0.3 is 0 Å². The number of sulfonamides is 1. The van der Waals surface area contributed by atoms with Gasteiger partial charge in [0.2, 0.25) is 10.0 Å². The van der Waals surface area contributed by atoms with E-state index >= 15 is 0 Å². The first-order valence-corrected chi connectivity index (χ1v) is 8.03. The Kier molecular flexibility index (Phi) is 4.23. The average Bonchev–Trinajstić information content (AvgIpc) is 2.47. The number of hydrogen-bond donors (Lipinski definition) is 0. The van der Waals surface area contributed by atoms with Gasteiger partial charge in [0.1, 0.15) is 6.07 Å². The van der Waals surface area contributed by atoms with Crippen LogP contribution in [0.2, 0.25) is 0 Å². The zero-order chi connectivity index (χ0) is 13.9. The molecule has 19 heavy (non-hydrogen) atoms. The normalized spacial score (nSPS) is 18.1. The Morgan fingerprint density at radius 2 is 1.95 bits per heavy atom. The molecule has 1 aliphatic heterocycles. The Balaban J connectivity index is 2.27. The molecule has 1 heterocycles. The summed E-state index contributed by atoms with van der Waals surface area (Å²) in [6.45, 7) is 3.25. The highest BCUT2D eigenvalue weighted by molar-refractivity contribution is 7.89. The molecule has 0 atom stereocenters. The van der Waals surface area contributed by atoms with Crippen molar-refractivity contribution >= 4 is 10.0 Å². The molecule has 0 bridgehead atoms. The van der Waals surface area contributed by atoms with E-state index in [0.29, 0.717) is 19.0 Å². The lowest BCUT2D eigenvalue weighted by Crippen LogP contribution is -2.38. The van der Waals surface area contributed by atoms with E-state index in [2.05, 4.69) is 6.92 Å². The number of rotatable bonds is 3. The van der Waals surface area contributed by atoms with Crippen LogP contribution in [0.25, 0.3) is 0 Å². The molecule has 4 nitrogen and oxygen atoms in total. The smallest absolute Gasteiger partial charge is 0.207 e. The molecule has 0 radical (unpaired) electrons. The third-order valence-corrected chi connectivity index (χ3v) is 5.73. The van der Waals surface area contributed by atoms with E-state index < -0.39 is 10.0 Å². The fraction of sp³-hybridized carbons (Fsp3) is 0.500. The lowest BCUT2D eigenvalue weighted by atomic mass is 9.96. The average molecular weight is 278 g/mol. The summed E-state index contributed by atoms with van der Waals surface area (Å²) in [6, 6.07) is 8.36. The van der Waals surface area contributed by atoms with Crippen LogP contribution >= 0.6 is 0 Å². The molecule has 102 valence electrons. The van der Waals surface area contributed by atoms with E-state index in [9.17, 15) is 8.42 Å². The standard InChI is InChI=1S/C14H18N2O2S/c1-2-12-7-9-16(10-8-12)19(17,18)14-6-4-3-5-13(14)11-15/h3-6,12H,2,7-10H2,1H3. The first-order valence-electron chi connectivity index (χ1n) is 6.59. The van der Waals surface area contributed by atoms with Crippen molar-refractivity contribution in [2.24, 2.45) is 5.92 Å². The molecule has 0 spiro atoms. The van der Waals surface area contributed by atoms with Crippen LogP contribution in [0.4, 0.5) is 0 Å². The van der Waals surface area contributed by atoms with Gasteiger partial charge in [0.15, 0.2) is 0 Å². The summed E-state index contributed by atoms with van der Waals surface area (Å²) in [7, 11) is -3.53. The van der Waals surface area contributed by atoms with Crippen molar-refractivity contribution in [2.75, 3.05) is 13.1 Å². The first kappa shape index (κ1) is 14.0. The number of hydrogen-bond acceptors (Lipinski definition) is 3. The molecule has 0 N–H and O–H groups in total. The van der Waals surface area contributed by atoms with Gasteiger partial charge in [0.05, 0.1) is 10.5 Å². The van der Waals surface area contributed by atoms with Gasteiger partial charge in [-0.3, -0.25) is 0 Å². The Bertz CT molecular complexity index is 582. The van der Waals surface area contributed by atoms with Gasteiger partial charge in [-0.15, -0.1) is 0 Å². The molecule has 0 aromatic heterocycles. The molecule has 0 aliphatic carbocycles. The highest BCUT2D eigenvalue weighted by Gasteiger charge is 2.30. The van der Waals surface area contributed by atoms with Crippen LogP contribution in [0.15, 0.2) is 29.2 Å². The van der Waals surface area contributed by atoms with Gasteiger partial charge in [0.25, 0.3) is 0 Å². The Morgan fingerprint density at radius 3 is 2.53 bits per heavy atom. The minimum absolute atomic E-state index is 0.132. The van der Waals surface area contributed by atoms with Crippen LogP contribution in [-0.4, -0.2) is 25.8 Å². The second-order valence-corrected chi connectivity index (χ2v) is 6.77. The summed E-state index contributed by atoms with van der Waals surface area (Å²) in [5.41, 5.74) is 0.222. The maximum Gasteiger partial charge on any atom is 0.244 e. The van der Waals surface area contributed by atoms with E-state index in [1.165, 1.54) is 10.4 Å². The molecule has 0 saturated carbocycles. The SMILES string of the molecule is CCC1CCN(S(=O)(=O)c2ccccc2C#N)CC1. The number of piperidine rings is 1. The van der Waals surface area contributed by atoms with Crippen LogP contribution in [-0.2, 0) is 10.0 Å². The summed E-state index contributed by atoms with van der Waals surface area (Å²) < 4.78 is 26.6. The molecule has 1 aromatic carbocycles. The third-order valence-electron chi connectivity index (χ3n) is 3.78. The van der Waals surface area contributed by atoms with Crippen molar-refractivity contribution in [3.63, 3.8) is 0 Å². The van der Waals surface area contributed by atoms with Gasteiger partial charge in [-0.1, -0.05) is 25.5 Å². The van der Waals surface area contributed by atoms with Crippen molar-refractivity contribution in [1.29, 1.82) is 5.26 Å². The number of nitriles is 1. The molecule has 1 aliphatic rings. The van der Waals surface area contributed by atoms with Gasteiger partial charge in [0, 0.05) is 13.1 Å². The van der Waals surface area contributed by atoms with Gasteiger partial charge in [-0.25, -0.2) is 8.42 Å². The molecule has 1 fully saturated rings. The maximum absolute atomic E-state index is 12.5. The second kappa shape index (κ2) is 5.72. The molecule has 0 unspecified atom stereocenters. The predicted octanol–water partition coefficient (Wildman–Crippen LogP) is 2.37. The molecular formula is C14H18N2O2S. The minimum Gasteiger partial charge on any atom is -0.207 e. The van der Waals surface area contributed by atoms with E-state index in [1.807, 2.05) is 6.07 Å². The predicted molar refractivity (Wildman–Crippen MR) is 72.9 cm³/mol. The van der Waals surface area contributed by atoms with Crippen molar-refractivity contribution in [2.45, 2.75) is 31.1 Å². The molecule has 1 aromatic rings. The molecule has 0 amide bonds. The number of nitrogens with zero attached hydrogens (tertiary/aromatic N) is 2. The topological polar surface area (TPSA) is 61.2 Å². The van der Waals surface area contributed by atoms with E-state index in [0.717, 1.165) is 19.3 Å². The lowest BCUT2D eigenvalue weighted by molar-refractivity contribution is 0.269. The highest BCUT2D eigenvalue weighted by atomic mass is 32.2. The number of benzene rings is 1. The second-order valence-electron chi connectivity index (χ2n) is 4.86. The third kappa shape index (κ3) is 2.80. The molecule has 5 heteroatoms. The zero-order valence-corrected chi connectivity index (χ0v) is 11.9. The quantitative estimate of drug-likeness (QED) is 0.852. The van der Waals surface area contributed by atoms with Crippen molar-refractivity contribution < 1.29 is 8.42 Å². The summed E-state index contributed by atoms with van der Waals surface area (Å²) in [5.74, 6) is 0.623. The van der Waals surface area contributed by atoms with Crippen molar-refractivity contribution in [1.82, 2.24) is 4.31 Å². The van der Waals surface area contributed by atoms with Gasteiger partial charge in [-0.2, -0.15) is 9.57 Å². The minimum atomic E-state index is -3.53. The summed E-state index contributed by atoms with van der Waals surface area (Å²) in [4.78, 5) is 0.132.